The van der Waals surface area contributed by atoms with E-state index < -0.39 is 11.6 Å². The Morgan fingerprint density at radius 2 is 0.939 bits per heavy atom. The van der Waals surface area contributed by atoms with E-state index in [-0.39, 0.29) is 11.6 Å². The van der Waals surface area contributed by atoms with Crippen LogP contribution in [0.2, 0.25) is 0 Å². The van der Waals surface area contributed by atoms with Crippen molar-refractivity contribution in [2.75, 3.05) is 34.3 Å². The van der Waals surface area contributed by atoms with E-state index in [1.807, 2.05) is 23.2 Å². The number of nitrogens with one attached hydrogen (secondary N) is 3. The number of nitrogens with zero attached hydrogens (tertiary/aromatic N) is 6. The molecule has 6 heterocycles. The fourth-order valence-corrected chi connectivity index (χ4v) is 6.53. The molecule has 252 valence electrons. The maximum atomic E-state index is 13.2. The van der Waals surface area contributed by atoms with Gasteiger partial charge in [0.25, 0.3) is 0 Å². The second kappa shape index (κ2) is 14.3. The first-order valence-electron chi connectivity index (χ1n) is 16.1. The Kier molecular flexibility index (Phi) is 9.31. The van der Waals surface area contributed by atoms with Crippen molar-refractivity contribution in [2.45, 2.75) is 38.9 Å². The fraction of sp³-hybridized carbons (Fsp3) is 0.250. The number of anilines is 3. The Balaban J connectivity index is 0.000000116. The number of hydrogen-bond acceptors (Lipinski definition) is 6. The molecule has 0 saturated carbocycles. The van der Waals surface area contributed by atoms with Crippen molar-refractivity contribution in [3.63, 3.8) is 0 Å². The van der Waals surface area contributed by atoms with Gasteiger partial charge in [0.2, 0.25) is 0 Å². The van der Waals surface area contributed by atoms with Crippen LogP contribution in [-0.2, 0) is 38.9 Å². The molecule has 0 atom stereocenters. The van der Waals surface area contributed by atoms with Crippen LogP contribution < -0.4 is 14.7 Å². The molecule has 9 nitrogen and oxygen atoms in total. The van der Waals surface area contributed by atoms with Crippen molar-refractivity contribution < 1.29 is 17.6 Å². The molecule has 0 spiro atoms. The zero-order valence-corrected chi connectivity index (χ0v) is 26.6. The van der Waals surface area contributed by atoms with E-state index in [4.69, 9.17) is 0 Å². The third-order valence-electron chi connectivity index (χ3n) is 8.93. The highest BCUT2D eigenvalue weighted by atomic mass is 19.2. The summed E-state index contributed by atoms with van der Waals surface area (Å²) in [6.07, 6.45) is 13.0. The van der Waals surface area contributed by atoms with Gasteiger partial charge in [-0.15, -0.1) is 0 Å². The lowest BCUT2D eigenvalue weighted by Gasteiger charge is -2.18. The minimum atomic E-state index is -0.791. The Labute approximate surface area is 280 Å². The van der Waals surface area contributed by atoms with Crippen molar-refractivity contribution in [2.24, 2.45) is 0 Å². The second-order valence-electron chi connectivity index (χ2n) is 12.2. The average molecular weight is 670 g/mol. The molecule has 9 rings (SSSR count). The fourth-order valence-electron chi connectivity index (χ4n) is 6.53. The van der Waals surface area contributed by atoms with Crippen molar-refractivity contribution in [1.29, 1.82) is 0 Å². The lowest BCUT2D eigenvalue weighted by atomic mass is 10.1. The maximum absolute atomic E-state index is 13.2. The highest BCUT2D eigenvalue weighted by Crippen LogP contribution is 2.32. The standard InChI is InChI=1S/C12H11F2N3.2C12H12FN3/c13-10-3-8-1-2-17(12(8)4-11(10)14)6-9-5-15-7-16-9;13-10-1-2-12-9(5-10)3-4-16(12)7-11-6-14-8-15-11;13-10-2-1-9-3-4-16(12(9)5-10)7-11-6-14-8-15-11/h3-5,7H,1-2,6H2,(H,15,16);2*1-2,5-6,8H,3-4,7H2,(H,14,15). The molecule has 3 aliphatic heterocycles. The van der Waals surface area contributed by atoms with E-state index in [0.29, 0.717) is 6.54 Å². The van der Waals surface area contributed by atoms with Crippen LogP contribution in [0.5, 0.6) is 0 Å². The molecular weight excluding hydrogens is 634 g/mol. The summed E-state index contributed by atoms with van der Waals surface area (Å²) in [5, 5.41) is 0. The van der Waals surface area contributed by atoms with Crippen molar-refractivity contribution in [3.05, 3.63) is 143 Å². The molecule has 13 heteroatoms. The van der Waals surface area contributed by atoms with Gasteiger partial charge in [-0.05, 0) is 72.4 Å². The Bertz CT molecular complexity index is 1980. The lowest BCUT2D eigenvalue weighted by Crippen LogP contribution is -2.19. The number of benzene rings is 3. The molecule has 0 aliphatic carbocycles. The smallest absolute Gasteiger partial charge is 0.160 e. The van der Waals surface area contributed by atoms with Gasteiger partial charge in [0.1, 0.15) is 11.6 Å². The van der Waals surface area contributed by atoms with Crippen molar-refractivity contribution in [1.82, 2.24) is 29.9 Å². The van der Waals surface area contributed by atoms with E-state index >= 15 is 0 Å². The van der Waals surface area contributed by atoms with Crippen molar-refractivity contribution in [3.8, 4) is 0 Å². The monoisotopic (exact) mass is 669 g/mol. The minimum absolute atomic E-state index is 0.151. The summed E-state index contributed by atoms with van der Waals surface area (Å²) in [6.45, 7) is 4.86. The van der Waals surface area contributed by atoms with Gasteiger partial charge in [-0.25, -0.2) is 32.5 Å². The van der Waals surface area contributed by atoms with E-state index in [1.54, 1.807) is 43.5 Å². The first-order chi connectivity index (χ1) is 23.9. The summed E-state index contributed by atoms with van der Waals surface area (Å²) in [5.74, 6) is -1.88. The predicted molar refractivity (Wildman–Crippen MR) is 179 cm³/mol. The highest BCUT2D eigenvalue weighted by molar-refractivity contribution is 5.60. The van der Waals surface area contributed by atoms with Crippen LogP contribution in [0.25, 0.3) is 0 Å². The number of hydrogen-bond donors (Lipinski definition) is 3. The minimum Gasteiger partial charge on any atom is -0.365 e. The summed E-state index contributed by atoms with van der Waals surface area (Å²) in [6, 6.07) is 12.6. The van der Waals surface area contributed by atoms with E-state index in [9.17, 15) is 17.6 Å². The largest absolute Gasteiger partial charge is 0.365 e. The van der Waals surface area contributed by atoms with Gasteiger partial charge in [0, 0.05) is 61.4 Å². The van der Waals surface area contributed by atoms with E-state index in [0.717, 1.165) is 97.3 Å². The molecule has 49 heavy (non-hydrogen) atoms. The predicted octanol–water partition coefficient (Wildman–Crippen LogP) is 6.47. The average Bonchev–Trinajstić information content (AvgIpc) is 3.95. The molecule has 0 saturated heterocycles. The zero-order chi connectivity index (χ0) is 33.7. The summed E-state index contributed by atoms with van der Waals surface area (Å²) >= 11 is 0. The third kappa shape index (κ3) is 7.45. The van der Waals surface area contributed by atoms with Crippen LogP contribution in [-0.4, -0.2) is 49.5 Å². The number of halogens is 4. The molecular formula is C36H35F4N9. The number of fused-ring (bicyclic) bond motifs is 3. The topological polar surface area (TPSA) is 95.8 Å². The number of imidazole rings is 3. The molecule has 0 radical (unpaired) electrons. The molecule has 3 aromatic carbocycles. The molecule has 3 aliphatic rings. The van der Waals surface area contributed by atoms with Gasteiger partial charge < -0.3 is 29.7 Å². The molecule has 0 bridgehead atoms. The van der Waals surface area contributed by atoms with Crippen LogP contribution in [0.3, 0.4) is 0 Å². The highest BCUT2D eigenvalue weighted by Gasteiger charge is 2.23. The lowest BCUT2D eigenvalue weighted by molar-refractivity contribution is 0.508. The van der Waals surface area contributed by atoms with Crippen LogP contribution >= 0.6 is 0 Å². The van der Waals surface area contributed by atoms with Crippen molar-refractivity contribution >= 4 is 17.1 Å². The Hall–Kier alpha value is -5.59. The third-order valence-corrected chi connectivity index (χ3v) is 8.93. The SMILES string of the molecule is Fc1cc2c(cc1F)N(Cc1cnc[nH]1)CC2.Fc1ccc2c(c1)CCN2Cc1cnc[nH]1.Fc1ccc2c(c1)N(Cc1cnc[nH]1)CC2. The number of rotatable bonds is 6. The summed E-state index contributed by atoms with van der Waals surface area (Å²) in [4.78, 5) is 27.5. The first-order valence-corrected chi connectivity index (χ1v) is 16.1. The molecule has 3 N–H and O–H groups in total. The molecule has 6 aromatic rings. The zero-order valence-electron chi connectivity index (χ0n) is 26.6. The Morgan fingerprint density at radius 1 is 0.490 bits per heavy atom. The summed E-state index contributed by atoms with van der Waals surface area (Å²) in [5.41, 5.74) is 9.20. The van der Waals surface area contributed by atoms with Gasteiger partial charge >= 0.3 is 0 Å². The van der Waals surface area contributed by atoms with Gasteiger partial charge in [0.15, 0.2) is 11.6 Å². The molecule has 0 unspecified atom stereocenters. The number of aromatic amines is 3. The van der Waals surface area contributed by atoms with Crippen LogP contribution in [0.1, 0.15) is 33.8 Å². The molecule has 3 aromatic heterocycles. The molecule has 0 fully saturated rings. The normalized spacial score (nSPS) is 14.2. The number of aromatic nitrogens is 6. The quantitative estimate of drug-likeness (QED) is 0.176. The summed E-state index contributed by atoms with van der Waals surface area (Å²) < 4.78 is 52.5. The Morgan fingerprint density at radius 3 is 1.49 bits per heavy atom. The second-order valence-corrected chi connectivity index (χ2v) is 12.2. The van der Waals surface area contributed by atoms with Gasteiger partial charge in [-0.2, -0.15) is 0 Å². The maximum Gasteiger partial charge on any atom is 0.160 e. The van der Waals surface area contributed by atoms with Crippen LogP contribution in [0, 0.1) is 23.3 Å². The van der Waals surface area contributed by atoms with E-state index in [1.165, 1.54) is 29.8 Å². The van der Waals surface area contributed by atoms with E-state index in [2.05, 4.69) is 39.7 Å². The van der Waals surface area contributed by atoms with Gasteiger partial charge in [0.05, 0.1) is 55.7 Å². The summed E-state index contributed by atoms with van der Waals surface area (Å²) in [7, 11) is 0. The molecule has 0 amide bonds. The van der Waals surface area contributed by atoms with Crippen LogP contribution in [0.15, 0.2) is 86.1 Å². The van der Waals surface area contributed by atoms with Gasteiger partial charge in [-0.1, -0.05) is 6.07 Å². The van der Waals surface area contributed by atoms with Crippen LogP contribution in [0.4, 0.5) is 34.6 Å². The van der Waals surface area contributed by atoms with Gasteiger partial charge in [-0.3, -0.25) is 0 Å². The number of H-pyrrole nitrogens is 3. The first kappa shape index (κ1) is 32.0.